The number of hydrogen-bond donors (Lipinski definition) is 0. The first-order valence-electron chi connectivity index (χ1n) is 8.67. The van der Waals surface area contributed by atoms with E-state index >= 15 is 0 Å². The second-order valence-electron chi connectivity index (χ2n) is 6.35. The number of nitrogens with zero attached hydrogens (tertiary/aromatic N) is 2. The van der Waals surface area contributed by atoms with E-state index in [1.807, 2.05) is 58.0 Å². The molecule has 134 valence electrons. The number of rotatable bonds is 4. The lowest BCUT2D eigenvalue weighted by atomic mass is 10.0. The van der Waals surface area contributed by atoms with E-state index in [-0.39, 0.29) is 16.7 Å². The summed E-state index contributed by atoms with van der Waals surface area (Å²) in [6.07, 6.45) is 5.60. The summed E-state index contributed by atoms with van der Waals surface area (Å²) < 4.78 is 0. The van der Waals surface area contributed by atoms with Crippen LogP contribution in [0.1, 0.15) is 24.8 Å². The molecule has 1 aromatic rings. The summed E-state index contributed by atoms with van der Waals surface area (Å²) in [4.78, 5) is 28.5. The molecule has 0 bridgehead atoms. The lowest BCUT2D eigenvalue weighted by Crippen LogP contribution is -2.53. The van der Waals surface area contributed by atoms with Crippen LogP contribution in [0.25, 0.3) is 6.08 Å². The van der Waals surface area contributed by atoms with E-state index in [1.165, 1.54) is 0 Å². The van der Waals surface area contributed by atoms with Gasteiger partial charge in [0, 0.05) is 43.8 Å². The van der Waals surface area contributed by atoms with Crippen LogP contribution < -0.4 is 0 Å². The molecule has 0 saturated carbocycles. The number of amides is 2. The highest BCUT2D eigenvalue weighted by Gasteiger charge is 2.46. The van der Waals surface area contributed by atoms with Crippen LogP contribution in [0.15, 0.2) is 36.4 Å². The lowest BCUT2D eigenvalue weighted by Gasteiger charge is -2.43. The van der Waals surface area contributed by atoms with Gasteiger partial charge in [-0.2, -0.15) is 0 Å². The first-order valence-corrected chi connectivity index (χ1v) is 10.2. The Balaban J connectivity index is 1.63. The molecule has 1 aromatic carbocycles. The minimum atomic E-state index is -0.157. The SMILES string of the molecule is O=C(CCCl)N1CCC2(CC1)SCCN2C(=O)C=Cc1ccccc1. The van der Waals surface area contributed by atoms with Gasteiger partial charge in [0.2, 0.25) is 11.8 Å². The van der Waals surface area contributed by atoms with Crippen molar-refractivity contribution >= 4 is 41.3 Å². The standard InChI is InChI=1S/C19H23ClN2O2S/c20-11-8-17(23)21-12-9-19(10-13-21)22(14-15-25-19)18(24)7-6-16-4-2-1-3-5-16/h1-7H,8-15H2. The van der Waals surface area contributed by atoms with Crippen molar-refractivity contribution in [2.45, 2.75) is 24.1 Å². The predicted octanol–water partition coefficient (Wildman–Crippen LogP) is 3.22. The van der Waals surface area contributed by atoms with Gasteiger partial charge in [-0.3, -0.25) is 9.59 Å². The second-order valence-corrected chi connectivity index (χ2v) is 8.18. The highest BCUT2D eigenvalue weighted by atomic mass is 35.5. The van der Waals surface area contributed by atoms with Gasteiger partial charge in [0.15, 0.2) is 0 Å². The van der Waals surface area contributed by atoms with Gasteiger partial charge < -0.3 is 9.80 Å². The van der Waals surface area contributed by atoms with E-state index in [1.54, 1.807) is 6.08 Å². The van der Waals surface area contributed by atoms with Gasteiger partial charge in [0.25, 0.3) is 0 Å². The molecule has 1 spiro atoms. The van der Waals surface area contributed by atoms with Crippen LogP contribution in [0.4, 0.5) is 0 Å². The maximum absolute atomic E-state index is 12.7. The molecule has 2 heterocycles. The summed E-state index contributed by atoms with van der Waals surface area (Å²) in [7, 11) is 0. The normalized spacial score (nSPS) is 19.7. The molecular weight excluding hydrogens is 356 g/mol. The van der Waals surface area contributed by atoms with Crippen molar-refractivity contribution in [2.24, 2.45) is 0 Å². The van der Waals surface area contributed by atoms with E-state index in [4.69, 9.17) is 11.6 Å². The number of thioether (sulfide) groups is 1. The van der Waals surface area contributed by atoms with Crippen LogP contribution in [0.3, 0.4) is 0 Å². The molecule has 2 saturated heterocycles. The molecule has 2 aliphatic rings. The maximum atomic E-state index is 12.7. The molecule has 2 amide bonds. The largest absolute Gasteiger partial charge is 0.342 e. The van der Waals surface area contributed by atoms with E-state index < -0.39 is 0 Å². The Labute approximate surface area is 158 Å². The van der Waals surface area contributed by atoms with E-state index in [9.17, 15) is 9.59 Å². The molecule has 0 aromatic heterocycles. The Morgan fingerprint density at radius 3 is 2.56 bits per heavy atom. The average Bonchev–Trinajstić information content (AvgIpc) is 3.04. The van der Waals surface area contributed by atoms with Crippen molar-refractivity contribution in [3.8, 4) is 0 Å². The summed E-state index contributed by atoms with van der Waals surface area (Å²) in [5.74, 6) is 1.51. The predicted molar refractivity (Wildman–Crippen MR) is 104 cm³/mol. The van der Waals surface area contributed by atoms with Gasteiger partial charge in [0.1, 0.15) is 0 Å². The second kappa shape index (κ2) is 8.28. The molecule has 0 unspecified atom stereocenters. The number of carbonyl (C=O) groups excluding carboxylic acids is 2. The first kappa shape index (κ1) is 18.3. The van der Waals surface area contributed by atoms with Crippen molar-refractivity contribution in [3.05, 3.63) is 42.0 Å². The van der Waals surface area contributed by atoms with Crippen molar-refractivity contribution in [1.82, 2.24) is 9.80 Å². The Bertz CT molecular complexity index is 642. The number of piperidine rings is 1. The number of alkyl halides is 1. The fraction of sp³-hybridized carbons (Fsp3) is 0.474. The van der Waals surface area contributed by atoms with E-state index in [2.05, 4.69) is 0 Å². The number of benzene rings is 1. The van der Waals surface area contributed by atoms with Gasteiger partial charge in [0.05, 0.1) is 4.87 Å². The topological polar surface area (TPSA) is 40.6 Å². The van der Waals surface area contributed by atoms with Crippen LogP contribution in [0.2, 0.25) is 0 Å². The molecule has 0 N–H and O–H groups in total. The third-order valence-corrected chi connectivity index (χ3v) is 6.61. The van der Waals surface area contributed by atoms with Crippen LogP contribution in [0.5, 0.6) is 0 Å². The Morgan fingerprint density at radius 2 is 1.88 bits per heavy atom. The third kappa shape index (κ3) is 4.21. The lowest BCUT2D eigenvalue weighted by molar-refractivity contribution is -0.134. The molecular formula is C19H23ClN2O2S. The zero-order valence-electron chi connectivity index (χ0n) is 14.2. The summed E-state index contributed by atoms with van der Waals surface area (Å²) in [6.45, 7) is 2.18. The fourth-order valence-electron chi connectivity index (χ4n) is 3.50. The van der Waals surface area contributed by atoms with Gasteiger partial charge in [-0.15, -0.1) is 23.4 Å². The number of likely N-dealkylation sites (tertiary alicyclic amines) is 1. The highest BCUT2D eigenvalue weighted by molar-refractivity contribution is 8.00. The van der Waals surface area contributed by atoms with Crippen LogP contribution >= 0.6 is 23.4 Å². The first-order chi connectivity index (χ1) is 12.1. The molecule has 6 heteroatoms. The zero-order chi connectivity index (χ0) is 17.7. The Morgan fingerprint density at radius 1 is 1.16 bits per heavy atom. The minimum Gasteiger partial charge on any atom is -0.342 e. The molecule has 0 radical (unpaired) electrons. The van der Waals surface area contributed by atoms with Crippen LogP contribution in [-0.4, -0.2) is 57.8 Å². The summed E-state index contributed by atoms with van der Waals surface area (Å²) in [5, 5.41) is 0. The molecule has 0 atom stereocenters. The number of halogens is 1. The monoisotopic (exact) mass is 378 g/mol. The van der Waals surface area contributed by atoms with Gasteiger partial charge >= 0.3 is 0 Å². The minimum absolute atomic E-state index is 0.0642. The Hall–Kier alpha value is -1.46. The van der Waals surface area contributed by atoms with Gasteiger partial charge in [-0.05, 0) is 24.5 Å². The zero-order valence-corrected chi connectivity index (χ0v) is 15.8. The summed E-state index contributed by atoms with van der Waals surface area (Å²) >= 11 is 7.53. The third-order valence-electron chi connectivity index (χ3n) is 4.87. The van der Waals surface area contributed by atoms with Crippen LogP contribution in [0, 0.1) is 0 Å². The van der Waals surface area contributed by atoms with Crippen molar-refractivity contribution in [1.29, 1.82) is 0 Å². The molecule has 4 nitrogen and oxygen atoms in total. The molecule has 25 heavy (non-hydrogen) atoms. The van der Waals surface area contributed by atoms with Crippen molar-refractivity contribution < 1.29 is 9.59 Å². The van der Waals surface area contributed by atoms with Crippen LogP contribution in [-0.2, 0) is 9.59 Å². The fourth-order valence-corrected chi connectivity index (χ4v) is 5.12. The van der Waals surface area contributed by atoms with E-state index in [0.29, 0.717) is 25.4 Å². The van der Waals surface area contributed by atoms with Gasteiger partial charge in [-0.25, -0.2) is 0 Å². The number of carbonyl (C=O) groups is 2. The molecule has 2 fully saturated rings. The maximum Gasteiger partial charge on any atom is 0.247 e. The van der Waals surface area contributed by atoms with Crippen molar-refractivity contribution in [3.63, 3.8) is 0 Å². The quantitative estimate of drug-likeness (QED) is 0.596. The highest BCUT2D eigenvalue weighted by Crippen LogP contribution is 2.44. The summed E-state index contributed by atoms with van der Waals surface area (Å²) in [5.41, 5.74) is 1.03. The average molecular weight is 379 g/mol. The van der Waals surface area contributed by atoms with Crippen molar-refractivity contribution in [2.75, 3.05) is 31.3 Å². The Kier molecular flexibility index (Phi) is 6.07. The van der Waals surface area contributed by atoms with Gasteiger partial charge in [-0.1, -0.05) is 30.3 Å². The number of hydrogen-bond acceptors (Lipinski definition) is 3. The van der Waals surface area contributed by atoms with E-state index in [0.717, 1.165) is 30.7 Å². The summed E-state index contributed by atoms with van der Waals surface area (Å²) in [6, 6.07) is 9.86. The molecule has 0 aliphatic carbocycles. The molecule has 2 aliphatic heterocycles. The molecule has 3 rings (SSSR count). The smallest absolute Gasteiger partial charge is 0.247 e.